The first-order valence-corrected chi connectivity index (χ1v) is 11.8. The number of nitrogens with one attached hydrogen (secondary N) is 1. The van der Waals surface area contributed by atoms with Crippen molar-refractivity contribution in [1.29, 1.82) is 0 Å². The van der Waals surface area contributed by atoms with Crippen molar-refractivity contribution in [3.05, 3.63) is 65.2 Å². The molecule has 0 aliphatic carbocycles. The molecule has 0 heterocycles. The first-order chi connectivity index (χ1) is 14.8. The number of benzene rings is 2. The second-order valence-electron chi connectivity index (χ2n) is 8.16. The molecule has 0 spiro atoms. The Kier molecular flexibility index (Phi) is 9.92. The van der Waals surface area contributed by atoms with E-state index in [2.05, 4.69) is 36.5 Å². The van der Waals surface area contributed by atoms with Gasteiger partial charge >= 0.3 is 0 Å². The van der Waals surface area contributed by atoms with Gasteiger partial charge in [-0.25, -0.2) is 0 Å². The third-order valence-corrected chi connectivity index (χ3v) is 5.97. The van der Waals surface area contributed by atoms with Gasteiger partial charge < -0.3 is 15.0 Å². The first kappa shape index (κ1) is 24.8. The van der Waals surface area contributed by atoms with Crippen molar-refractivity contribution in [1.82, 2.24) is 10.2 Å². The number of hydrogen-bond donors (Lipinski definition) is 1. The van der Waals surface area contributed by atoms with Crippen molar-refractivity contribution in [2.45, 2.75) is 46.0 Å². The summed E-state index contributed by atoms with van der Waals surface area (Å²) in [5, 5.41) is 2.95. The van der Waals surface area contributed by atoms with Crippen LogP contribution in [0, 0.1) is 12.8 Å². The van der Waals surface area contributed by atoms with E-state index in [1.165, 1.54) is 11.1 Å². The van der Waals surface area contributed by atoms with Gasteiger partial charge in [0.2, 0.25) is 11.8 Å². The van der Waals surface area contributed by atoms with E-state index < -0.39 is 6.04 Å². The molecular weight excluding hydrogens is 408 g/mol. The average Bonchev–Trinajstić information content (AvgIpc) is 2.77. The Bertz CT molecular complexity index is 835. The molecule has 0 fully saturated rings. The SMILES string of the molecule is COc1ccc(CN(C(=O)CSCc2ccc(C)cc2)[C@H](C)C(=O)NCC(C)C)cc1. The Hall–Kier alpha value is -2.47. The zero-order valence-electron chi connectivity index (χ0n) is 19.2. The molecule has 0 saturated carbocycles. The zero-order chi connectivity index (χ0) is 22.8. The monoisotopic (exact) mass is 442 g/mol. The van der Waals surface area contributed by atoms with Crippen LogP contribution in [0.4, 0.5) is 0 Å². The van der Waals surface area contributed by atoms with Gasteiger partial charge in [-0.3, -0.25) is 9.59 Å². The van der Waals surface area contributed by atoms with E-state index in [1.54, 1.807) is 30.7 Å². The van der Waals surface area contributed by atoms with Gasteiger partial charge in [-0.15, -0.1) is 11.8 Å². The second-order valence-corrected chi connectivity index (χ2v) is 9.15. The van der Waals surface area contributed by atoms with Crippen molar-refractivity contribution in [3.8, 4) is 5.75 Å². The number of aryl methyl sites for hydroxylation is 1. The Morgan fingerprint density at radius 3 is 2.19 bits per heavy atom. The highest BCUT2D eigenvalue weighted by Gasteiger charge is 2.26. The highest BCUT2D eigenvalue weighted by atomic mass is 32.2. The highest BCUT2D eigenvalue weighted by Crippen LogP contribution is 2.18. The van der Waals surface area contributed by atoms with E-state index in [9.17, 15) is 9.59 Å². The summed E-state index contributed by atoms with van der Waals surface area (Å²) < 4.78 is 5.22. The van der Waals surface area contributed by atoms with Crippen LogP contribution in [-0.2, 0) is 21.9 Å². The lowest BCUT2D eigenvalue weighted by molar-refractivity contribution is -0.138. The van der Waals surface area contributed by atoms with Gasteiger partial charge in [0.05, 0.1) is 12.9 Å². The van der Waals surface area contributed by atoms with Crippen molar-refractivity contribution in [3.63, 3.8) is 0 Å². The van der Waals surface area contributed by atoms with Crippen molar-refractivity contribution in [2.24, 2.45) is 5.92 Å². The van der Waals surface area contributed by atoms with Crippen LogP contribution in [0.25, 0.3) is 0 Å². The summed E-state index contributed by atoms with van der Waals surface area (Å²) in [4.78, 5) is 27.4. The minimum Gasteiger partial charge on any atom is -0.497 e. The number of hydrogen-bond acceptors (Lipinski definition) is 4. The lowest BCUT2D eigenvalue weighted by Gasteiger charge is -2.29. The van der Waals surface area contributed by atoms with E-state index in [0.717, 1.165) is 17.1 Å². The predicted octanol–water partition coefficient (Wildman–Crippen LogP) is 4.43. The molecule has 0 aliphatic heterocycles. The molecule has 0 aliphatic rings. The number of carbonyl (C=O) groups excluding carboxylic acids is 2. The molecule has 1 atom stereocenters. The van der Waals surface area contributed by atoms with E-state index >= 15 is 0 Å². The topological polar surface area (TPSA) is 58.6 Å². The van der Waals surface area contributed by atoms with Crippen LogP contribution in [-0.4, -0.2) is 42.2 Å². The predicted molar refractivity (Wildman–Crippen MR) is 128 cm³/mol. The van der Waals surface area contributed by atoms with Gasteiger partial charge in [0.1, 0.15) is 11.8 Å². The third-order valence-electron chi connectivity index (χ3n) is 4.98. The van der Waals surface area contributed by atoms with Gasteiger partial charge in [0.25, 0.3) is 0 Å². The van der Waals surface area contributed by atoms with Crippen molar-refractivity contribution < 1.29 is 14.3 Å². The number of carbonyl (C=O) groups is 2. The molecule has 2 aromatic carbocycles. The molecule has 1 N–H and O–H groups in total. The number of amides is 2. The fraction of sp³-hybridized carbons (Fsp3) is 0.440. The summed E-state index contributed by atoms with van der Waals surface area (Å²) in [6.45, 7) is 8.92. The molecule has 0 radical (unpaired) electrons. The summed E-state index contributed by atoms with van der Waals surface area (Å²) in [6.07, 6.45) is 0. The van der Waals surface area contributed by atoms with Crippen LogP contribution < -0.4 is 10.1 Å². The van der Waals surface area contributed by atoms with E-state index in [4.69, 9.17) is 4.74 Å². The fourth-order valence-corrected chi connectivity index (χ4v) is 3.86. The third kappa shape index (κ3) is 8.29. The van der Waals surface area contributed by atoms with Gasteiger partial charge in [0, 0.05) is 18.8 Å². The Morgan fingerprint density at radius 1 is 1.00 bits per heavy atom. The normalized spacial score (nSPS) is 11.8. The van der Waals surface area contributed by atoms with E-state index in [0.29, 0.717) is 24.8 Å². The molecule has 0 saturated heterocycles. The summed E-state index contributed by atoms with van der Waals surface area (Å²) in [6, 6.07) is 15.4. The second kappa shape index (κ2) is 12.4. The Balaban J connectivity index is 2.05. The molecule has 0 unspecified atom stereocenters. The van der Waals surface area contributed by atoms with Gasteiger partial charge in [0.15, 0.2) is 0 Å². The molecule has 2 amide bonds. The lowest BCUT2D eigenvalue weighted by atomic mass is 10.1. The van der Waals surface area contributed by atoms with Crippen LogP contribution in [0.15, 0.2) is 48.5 Å². The first-order valence-electron chi connectivity index (χ1n) is 10.6. The summed E-state index contributed by atoms with van der Waals surface area (Å²) >= 11 is 1.57. The quantitative estimate of drug-likeness (QED) is 0.559. The maximum Gasteiger partial charge on any atom is 0.242 e. The number of nitrogens with zero attached hydrogens (tertiary/aromatic N) is 1. The molecule has 6 heteroatoms. The highest BCUT2D eigenvalue weighted by molar-refractivity contribution is 7.99. The fourth-order valence-electron chi connectivity index (χ4n) is 2.99. The summed E-state index contributed by atoms with van der Waals surface area (Å²) in [5.74, 6) is 2.03. The maximum absolute atomic E-state index is 13.1. The molecule has 5 nitrogen and oxygen atoms in total. The summed E-state index contributed by atoms with van der Waals surface area (Å²) in [5.41, 5.74) is 3.37. The molecular formula is C25H34N2O3S. The van der Waals surface area contributed by atoms with Crippen molar-refractivity contribution >= 4 is 23.6 Å². The number of thioether (sulfide) groups is 1. The maximum atomic E-state index is 13.1. The van der Waals surface area contributed by atoms with Gasteiger partial charge in [-0.1, -0.05) is 55.8 Å². The molecule has 0 bridgehead atoms. The lowest BCUT2D eigenvalue weighted by Crippen LogP contribution is -2.48. The minimum atomic E-state index is -0.548. The van der Waals surface area contributed by atoms with Crippen LogP contribution in [0.5, 0.6) is 5.75 Å². The molecule has 2 aromatic rings. The minimum absolute atomic E-state index is 0.0415. The van der Waals surface area contributed by atoms with Crippen LogP contribution in [0.2, 0.25) is 0 Å². The van der Waals surface area contributed by atoms with Gasteiger partial charge in [-0.2, -0.15) is 0 Å². The van der Waals surface area contributed by atoms with E-state index in [1.807, 2.05) is 38.1 Å². The van der Waals surface area contributed by atoms with Crippen LogP contribution in [0.1, 0.15) is 37.5 Å². The zero-order valence-corrected chi connectivity index (χ0v) is 20.0. The Labute approximate surface area is 190 Å². The van der Waals surface area contributed by atoms with E-state index in [-0.39, 0.29) is 11.8 Å². The molecule has 31 heavy (non-hydrogen) atoms. The molecule has 2 rings (SSSR count). The molecule has 168 valence electrons. The standard InChI is InChI=1S/C25H34N2O3S/c1-18(2)14-26-25(29)20(4)27(15-21-10-12-23(30-5)13-11-21)24(28)17-31-16-22-8-6-19(3)7-9-22/h6-13,18,20H,14-17H2,1-5H3,(H,26,29)/t20-/m1/s1. The van der Waals surface area contributed by atoms with Gasteiger partial charge in [-0.05, 0) is 43.0 Å². The van der Waals surface area contributed by atoms with Crippen LogP contribution in [0.3, 0.4) is 0 Å². The largest absolute Gasteiger partial charge is 0.497 e. The number of rotatable bonds is 11. The average molecular weight is 443 g/mol. The number of methoxy groups -OCH3 is 1. The van der Waals surface area contributed by atoms with Crippen LogP contribution >= 0.6 is 11.8 Å². The Morgan fingerprint density at radius 2 is 1.61 bits per heavy atom. The van der Waals surface area contributed by atoms with Crippen molar-refractivity contribution in [2.75, 3.05) is 19.4 Å². The smallest absolute Gasteiger partial charge is 0.242 e. The number of ether oxygens (including phenoxy) is 1. The molecule has 0 aromatic heterocycles. The summed E-state index contributed by atoms with van der Waals surface area (Å²) in [7, 11) is 1.62.